The van der Waals surface area contributed by atoms with Crippen LogP contribution in [-0.2, 0) is 6.42 Å². The average molecular weight is 462 g/mol. The molecule has 0 fully saturated rings. The van der Waals surface area contributed by atoms with Crippen molar-refractivity contribution >= 4 is 34.3 Å². The van der Waals surface area contributed by atoms with Crippen molar-refractivity contribution in [3.05, 3.63) is 70.2 Å². The second-order valence-electron chi connectivity index (χ2n) is 8.66. The molecule has 0 saturated heterocycles. The van der Waals surface area contributed by atoms with Crippen LogP contribution in [0.15, 0.2) is 48.5 Å². The average Bonchev–Trinajstić information content (AvgIpc) is 3.37. The number of rotatable bonds is 5. The second-order valence-corrected chi connectivity index (χ2v) is 9.06. The quantitative estimate of drug-likeness (QED) is 0.357. The van der Waals surface area contributed by atoms with Gasteiger partial charge in [-0.15, -0.1) is 0 Å². The molecule has 0 amide bonds. The van der Waals surface area contributed by atoms with Crippen molar-refractivity contribution in [1.29, 1.82) is 0 Å². The van der Waals surface area contributed by atoms with Crippen molar-refractivity contribution in [2.45, 2.75) is 33.2 Å². The van der Waals surface area contributed by atoms with Gasteiger partial charge in [0.2, 0.25) is 0 Å². The Morgan fingerprint density at radius 2 is 2.00 bits per heavy atom. The van der Waals surface area contributed by atoms with Gasteiger partial charge in [-0.05, 0) is 80.3 Å². The zero-order chi connectivity index (χ0) is 23.3. The molecule has 7 heteroatoms. The number of hydrogen-bond donors (Lipinski definition) is 2. The van der Waals surface area contributed by atoms with E-state index in [-0.39, 0.29) is 11.6 Å². The molecule has 1 aromatic heterocycles. The first-order valence-corrected chi connectivity index (χ1v) is 11.3. The summed E-state index contributed by atoms with van der Waals surface area (Å²) in [7, 11) is 0. The second kappa shape index (κ2) is 8.12. The number of benzene rings is 3. The topological polar surface area (TPSA) is 78.5 Å². The van der Waals surface area contributed by atoms with Crippen LogP contribution in [0.3, 0.4) is 0 Å². The molecule has 0 aliphatic carbocycles. The Bertz CT molecular complexity index is 1390. The summed E-state index contributed by atoms with van der Waals surface area (Å²) in [6.45, 7) is 7.21. The van der Waals surface area contributed by atoms with E-state index >= 15 is 0 Å². The van der Waals surface area contributed by atoms with Crippen LogP contribution in [-0.4, -0.2) is 33.6 Å². The maximum Gasteiger partial charge on any atom is 0.336 e. The Hall–Kier alpha value is -3.51. The molecule has 0 bridgehead atoms. The Labute approximate surface area is 196 Å². The van der Waals surface area contributed by atoms with Crippen LogP contribution in [0, 0.1) is 6.92 Å². The van der Waals surface area contributed by atoms with Crippen molar-refractivity contribution in [3.8, 4) is 22.9 Å². The van der Waals surface area contributed by atoms with Crippen molar-refractivity contribution in [1.82, 2.24) is 9.97 Å². The number of halogens is 1. The minimum absolute atomic E-state index is 0.196. The summed E-state index contributed by atoms with van der Waals surface area (Å²) in [5, 5.41) is 9.97. The van der Waals surface area contributed by atoms with Crippen LogP contribution in [0.4, 0.5) is 5.69 Å². The number of H-pyrrole nitrogens is 1. The van der Waals surface area contributed by atoms with Gasteiger partial charge in [-0.25, -0.2) is 4.79 Å². The van der Waals surface area contributed by atoms with Gasteiger partial charge >= 0.3 is 5.97 Å². The van der Waals surface area contributed by atoms with Gasteiger partial charge in [0.1, 0.15) is 5.75 Å². The third-order valence-electron chi connectivity index (χ3n) is 6.15. The first-order chi connectivity index (χ1) is 15.8. The number of aromatic carboxylic acids is 1. The third-order valence-corrected chi connectivity index (χ3v) is 6.46. The summed E-state index contributed by atoms with van der Waals surface area (Å²) in [5.74, 6) is -0.596. The molecule has 0 radical (unpaired) electrons. The standard InChI is InChI=1S/C26H24ClN3O3/c1-14(2)30-9-8-17-10-16(5-7-24(17)30)20-12-22-23(13-21(20)27)29-26(28-22)33-18-6-4-15(3)19(11-18)25(31)32/h4-7,10-14H,8-9H2,1-3H3,(H,28,29)(H,31,32). The van der Waals surface area contributed by atoms with Gasteiger partial charge < -0.3 is 19.7 Å². The summed E-state index contributed by atoms with van der Waals surface area (Å²) in [5.41, 5.74) is 6.93. The van der Waals surface area contributed by atoms with E-state index in [1.54, 1.807) is 19.1 Å². The summed E-state index contributed by atoms with van der Waals surface area (Å²) < 4.78 is 5.81. The number of aromatic nitrogens is 2. The van der Waals surface area contributed by atoms with Gasteiger partial charge in [0, 0.05) is 23.8 Å². The Kier molecular flexibility index (Phi) is 5.25. The fraction of sp³-hybridized carbons (Fsp3) is 0.231. The molecule has 5 rings (SSSR count). The van der Waals surface area contributed by atoms with E-state index in [1.807, 2.05) is 12.1 Å². The molecule has 4 aromatic rings. The fourth-order valence-electron chi connectivity index (χ4n) is 4.41. The van der Waals surface area contributed by atoms with E-state index in [9.17, 15) is 9.90 Å². The van der Waals surface area contributed by atoms with E-state index in [1.165, 1.54) is 17.3 Å². The lowest BCUT2D eigenvalue weighted by molar-refractivity contribution is 0.0695. The first kappa shape index (κ1) is 21.3. The summed E-state index contributed by atoms with van der Waals surface area (Å²) in [6.07, 6.45) is 1.02. The smallest absolute Gasteiger partial charge is 0.336 e. The van der Waals surface area contributed by atoms with Crippen molar-refractivity contribution in [2.24, 2.45) is 0 Å². The number of carboxylic acids is 1. The largest absolute Gasteiger partial charge is 0.478 e. The lowest BCUT2D eigenvalue weighted by Gasteiger charge is -2.24. The number of nitrogens with one attached hydrogen (secondary N) is 1. The van der Waals surface area contributed by atoms with Gasteiger partial charge in [0.05, 0.1) is 21.6 Å². The van der Waals surface area contributed by atoms with Gasteiger partial charge in [0.25, 0.3) is 6.01 Å². The van der Waals surface area contributed by atoms with Gasteiger partial charge in [0.15, 0.2) is 0 Å². The first-order valence-electron chi connectivity index (χ1n) is 10.9. The number of anilines is 1. The molecular weight excluding hydrogens is 438 g/mol. The van der Waals surface area contributed by atoms with E-state index in [0.717, 1.165) is 35.1 Å². The third kappa shape index (κ3) is 3.91. The Balaban J connectivity index is 1.47. The highest BCUT2D eigenvalue weighted by molar-refractivity contribution is 6.34. The minimum Gasteiger partial charge on any atom is -0.478 e. The summed E-state index contributed by atoms with van der Waals surface area (Å²) >= 11 is 6.65. The molecule has 0 spiro atoms. The highest BCUT2D eigenvalue weighted by atomic mass is 35.5. The van der Waals surface area contributed by atoms with Gasteiger partial charge in [-0.1, -0.05) is 23.7 Å². The maximum atomic E-state index is 11.4. The molecule has 33 heavy (non-hydrogen) atoms. The molecular formula is C26H24ClN3O3. The van der Waals surface area contributed by atoms with Crippen LogP contribution >= 0.6 is 11.6 Å². The molecule has 6 nitrogen and oxygen atoms in total. The zero-order valence-electron chi connectivity index (χ0n) is 18.6. The molecule has 2 heterocycles. The maximum absolute atomic E-state index is 11.4. The molecule has 1 aliphatic rings. The number of carbonyl (C=O) groups is 1. The SMILES string of the molecule is Cc1ccc(Oc2nc3cc(-c4ccc5c(c4)CCN5C(C)C)c(Cl)cc3[nH]2)cc1C(=O)O. The molecule has 0 atom stereocenters. The highest BCUT2D eigenvalue weighted by Gasteiger charge is 2.22. The minimum atomic E-state index is -0.996. The number of nitrogens with zero attached hydrogens (tertiary/aromatic N) is 2. The molecule has 3 aromatic carbocycles. The van der Waals surface area contributed by atoms with E-state index in [2.05, 4.69) is 46.9 Å². The number of hydrogen-bond acceptors (Lipinski definition) is 4. The van der Waals surface area contributed by atoms with Crippen molar-refractivity contribution in [2.75, 3.05) is 11.4 Å². The normalized spacial score (nSPS) is 13.1. The van der Waals surface area contributed by atoms with Crippen LogP contribution in [0.25, 0.3) is 22.2 Å². The number of imidazole rings is 1. The summed E-state index contributed by atoms with van der Waals surface area (Å²) in [4.78, 5) is 21.5. The van der Waals surface area contributed by atoms with Crippen molar-refractivity contribution in [3.63, 3.8) is 0 Å². The monoisotopic (exact) mass is 461 g/mol. The predicted molar refractivity (Wildman–Crippen MR) is 131 cm³/mol. The molecule has 2 N–H and O–H groups in total. The number of ether oxygens (including phenoxy) is 1. The van der Waals surface area contributed by atoms with E-state index < -0.39 is 5.97 Å². The zero-order valence-corrected chi connectivity index (χ0v) is 19.4. The van der Waals surface area contributed by atoms with Crippen LogP contribution in [0.5, 0.6) is 11.8 Å². The Morgan fingerprint density at radius 1 is 1.18 bits per heavy atom. The van der Waals surface area contributed by atoms with Crippen LogP contribution in [0.2, 0.25) is 5.02 Å². The van der Waals surface area contributed by atoms with E-state index in [4.69, 9.17) is 16.3 Å². The molecule has 1 aliphatic heterocycles. The predicted octanol–water partition coefficient (Wildman–Crippen LogP) is 6.45. The van der Waals surface area contributed by atoms with Crippen LogP contribution < -0.4 is 9.64 Å². The molecule has 0 unspecified atom stereocenters. The lowest BCUT2D eigenvalue weighted by Crippen LogP contribution is -2.28. The van der Waals surface area contributed by atoms with Gasteiger partial charge in [-0.3, -0.25) is 0 Å². The molecule has 0 saturated carbocycles. The number of fused-ring (bicyclic) bond motifs is 2. The van der Waals surface area contributed by atoms with Crippen molar-refractivity contribution < 1.29 is 14.6 Å². The lowest BCUT2D eigenvalue weighted by atomic mass is 10.0. The van der Waals surface area contributed by atoms with Crippen LogP contribution in [0.1, 0.15) is 35.3 Å². The number of carboxylic acid groups (broad SMARTS) is 1. The van der Waals surface area contributed by atoms with E-state index in [0.29, 0.717) is 22.4 Å². The number of aromatic amines is 1. The summed E-state index contributed by atoms with van der Waals surface area (Å²) in [6, 6.07) is 16.0. The Morgan fingerprint density at radius 3 is 2.76 bits per heavy atom. The van der Waals surface area contributed by atoms with Gasteiger partial charge in [-0.2, -0.15) is 4.98 Å². The number of aryl methyl sites for hydroxylation is 1. The molecule has 168 valence electrons. The highest BCUT2D eigenvalue weighted by Crippen LogP contribution is 2.37. The fourth-order valence-corrected chi connectivity index (χ4v) is 4.69.